The Labute approximate surface area is 157 Å². The summed E-state index contributed by atoms with van der Waals surface area (Å²) in [5, 5.41) is 1.95. The van der Waals surface area contributed by atoms with E-state index in [2.05, 4.69) is 4.74 Å². The Morgan fingerprint density at radius 2 is 1.78 bits per heavy atom. The van der Waals surface area contributed by atoms with Crippen LogP contribution in [0.1, 0.15) is 28.4 Å². The van der Waals surface area contributed by atoms with Crippen molar-refractivity contribution in [3.63, 3.8) is 0 Å². The van der Waals surface area contributed by atoms with Crippen molar-refractivity contribution in [2.75, 3.05) is 13.2 Å². The number of ether oxygens (including phenoxy) is 3. The Morgan fingerprint density at radius 3 is 2.52 bits per heavy atom. The van der Waals surface area contributed by atoms with Crippen LogP contribution in [-0.4, -0.2) is 31.2 Å². The van der Waals surface area contributed by atoms with Crippen molar-refractivity contribution in [3.05, 3.63) is 65.2 Å². The lowest BCUT2D eigenvalue weighted by Crippen LogP contribution is -2.34. The Bertz CT molecular complexity index is 818. The lowest BCUT2D eigenvalue weighted by molar-refractivity contribution is -0.123. The zero-order chi connectivity index (χ0) is 19.6. The number of hydrogen-bond donors (Lipinski definition) is 1. The van der Waals surface area contributed by atoms with E-state index in [0.29, 0.717) is 5.75 Å². The monoisotopic (exact) mass is 371 g/mol. The molecule has 0 saturated heterocycles. The van der Waals surface area contributed by atoms with Crippen molar-refractivity contribution >= 4 is 18.0 Å². The van der Waals surface area contributed by atoms with Crippen LogP contribution >= 0.6 is 0 Å². The van der Waals surface area contributed by atoms with Crippen molar-refractivity contribution in [2.45, 2.75) is 20.5 Å². The molecule has 0 fully saturated rings. The van der Waals surface area contributed by atoms with Crippen molar-refractivity contribution in [3.8, 4) is 5.75 Å². The van der Waals surface area contributed by atoms with Gasteiger partial charge in [0, 0.05) is 0 Å². The molecule has 2 amide bonds. The highest BCUT2D eigenvalue weighted by Gasteiger charge is 2.16. The molecule has 2 rings (SSSR count). The van der Waals surface area contributed by atoms with Gasteiger partial charge in [0.1, 0.15) is 17.9 Å². The maximum absolute atomic E-state index is 12.2. The number of amides is 2. The molecule has 7 heteroatoms. The quantitative estimate of drug-likeness (QED) is 0.753. The van der Waals surface area contributed by atoms with E-state index in [9.17, 15) is 14.4 Å². The average Bonchev–Trinajstić information content (AvgIpc) is 2.65. The van der Waals surface area contributed by atoms with Crippen LogP contribution in [0.2, 0.25) is 0 Å². The Kier molecular flexibility index (Phi) is 7.37. The van der Waals surface area contributed by atoms with Gasteiger partial charge in [-0.3, -0.25) is 10.1 Å². The van der Waals surface area contributed by atoms with Gasteiger partial charge in [0.05, 0.1) is 6.61 Å². The molecule has 0 aliphatic heterocycles. The Hall–Kier alpha value is -3.35. The van der Waals surface area contributed by atoms with Crippen LogP contribution in [0, 0.1) is 6.92 Å². The summed E-state index contributed by atoms with van der Waals surface area (Å²) in [6.45, 7) is 3.40. The first kappa shape index (κ1) is 20.0. The normalized spacial score (nSPS) is 10.0. The zero-order valence-corrected chi connectivity index (χ0v) is 15.2. The summed E-state index contributed by atoms with van der Waals surface area (Å²) < 4.78 is 15.2. The number of imide groups is 1. The Morgan fingerprint density at radius 1 is 1.00 bits per heavy atom. The number of esters is 1. The molecule has 0 spiro atoms. The van der Waals surface area contributed by atoms with Gasteiger partial charge in [0.2, 0.25) is 0 Å². The van der Waals surface area contributed by atoms with Crippen LogP contribution in [0.4, 0.5) is 4.79 Å². The molecule has 7 nitrogen and oxygen atoms in total. The number of rotatable bonds is 7. The van der Waals surface area contributed by atoms with Crippen LogP contribution in [0.15, 0.2) is 48.5 Å². The van der Waals surface area contributed by atoms with Gasteiger partial charge in [-0.1, -0.05) is 42.0 Å². The number of aryl methyl sites for hydroxylation is 1. The number of carbonyl (C=O) groups is 3. The van der Waals surface area contributed by atoms with E-state index in [-0.39, 0.29) is 18.8 Å². The van der Waals surface area contributed by atoms with Gasteiger partial charge in [-0.15, -0.1) is 0 Å². The molecule has 0 aliphatic rings. The van der Waals surface area contributed by atoms with Crippen molar-refractivity contribution in [1.29, 1.82) is 0 Å². The molecular weight excluding hydrogens is 350 g/mol. The number of nitrogens with one attached hydrogen (secondary N) is 1. The third-order valence-corrected chi connectivity index (χ3v) is 3.44. The first-order valence-corrected chi connectivity index (χ1v) is 8.40. The maximum atomic E-state index is 12.2. The second-order valence-electron chi connectivity index (χ2n) is 5.62. The molecule has 0 aliphatic carbocycles. The highest BCUT2D eigenvalue weighted by Crippen LogP contribution is 2.20. The van der Waals surface area contributed by atoms with Crippen molar-refractivity contribution in [2.24, 2.45) is 0 Å². The number of hydrogen-bond acceptors (Lipinski definition) is 6. The van der Waals surface area contributed by atoms with Gasteiger partial charge in [0.25, 0.3) is 5.91 Å². The summed E-state index contributed by atoms with van der Waals surface area (Å²) in [6, 6.07) is 14.4. The van der Waals surface area contributed by atoms with Crippen molar-refractivity contribution < 1.29 is 28.6 Å². The van der Waals surface area contributed by atoms with E-state index in [4.69, 9.17) is 9.47 Å². The molecule has 142 valence electrons. The molecule has 2 aromatic carbocycles. The highest BCUT2D eigenvalue weighted by atomic mass is 16.6. The molecule has 0 aromatic heterocycles. The van der Waals surface area contributed by atoms with E-state index in [1.165, 1.54) is 6.07 Å². The number of para-hydroxylation sites is 1. The molecule has 0 atom stereocenters. The van der Waals surface area contributed by atoms with Gasteiger partial charge in [-0.2, -0.15) is 0 Å². The van der Waals surface area contributed by atoms with Crippen LogP contribution in [0.25, 0.3) is 0 Å². The topological polar surface area (TPSA) is 90.9 Å². The zero-order valence-electron chi connectivity index (χ0n) is 15.2. The lowest BCUT2D eigenvalue weighted by atomic mass is 10.1. The minimum Gasteiger partial charge on any atom is -0.488 e. The van der Waals surface area contributed by atoms with E-state index in [0.717, 1.165) is 11.1 Å². The van der Waals surface area contributed by atoms with E-state index in [1.807, 2.05) is 36.5 Å². The van der Waals surface area contributed by atoms with Crippen LogP contribution in [0.3, 0.4) is 0 Å². The summed E-state index contributed by atoms with van der Waals surface area (Å²) in [7, 11) is 0. The Balaban J connectivity index is 1.94. The van der Waals surface area contributed by atoms with Gasteiger partial charge < -0.3 is 14.2 Å². The molecular formula is C20H21NO6. The van der Waals surface area contributed by atoms with Gasteiger partial charge in [-0.25, -0.2) is 9.59 Å². The lowest BCUT2D eigenvalue weighted by Gasteiger charge is -2.11. The molecule has 0 radical (unpaired) electrons. The third-order valence-electron chi connectivity index (χ3n) is 3.44. The molecule has 27 heavy (non-hydrogen) atoms. The first-order chi connectivity index (χ1) is 13.0. The van der Waals surface area contributed by atoms with Gasteiger partial charge >= 0.3 is 12.1 Å². The summed E-state index contributed by atoms with van der Waals surface area (Å²) >= 11 is 0. The van der Waals surface area contributed by atoms with Gasteiger partial charge in [0.15, 0.2) is 6.61 Å². The summed E-state index contributed by atoms with van der Waals surface area (Å²) in [4.78, 5) is 35.0. The average molecular weight is 371 g/mol. The maximum Gasteiger partial charge on any atom is 0.413 e. The summed E-state index contributed by atoms with van der Waals surface area (Å²) in [5.41, 5.74) is 2.26. The largest absolute Gasteiger partial charge is 0.488 e. The minimum absolute atomic E-state index is 0.130. The number of carbonyl (C=O) groups excluding carboxylic acids is 3. The van der Waals surface area contributed by atoms with E-state index >= 15 is 0 Å². The van der Waals surface area contributed by atoms with Crippen molar-refractivity contribution in [1.82, 2.24) is 5.32 Å². The summed E-state index contributed by atoms with van der Waals surface area (Å²) in [5.74, 6) is -1.16. The second-order valence-corrected chi connectivity index (χ2v) is 5.62. The fourth-order valence-corrected chi connectivity index (χ4v) is 2.25. The molecule has 0 saturated carbocycles. The van der Waals surface area contributed by atoms with Crippen LogP contribution < -0.4 is 10.1 Å². The molecule has 0 unspecified atom stereocenters. The predicted octanol–water partition coefficient (Wildman–Crippen LogP) is 3.00. The predicted molar refractivity (Wildman–Crippen MR) is 97.4 cm³/mol. The highest BCUT2D eigenvalue weighted by molar-refractivity contribution is 5.96. The van der Waals surface area contributed by atoms with Gasteiger partial charge in [-0.05, 0) is 31.5 Å². The fraction of sp³-hybridized carbons (Fsp3) is 0.250. The number of alkyl carbamates (subject to hydrolysis) is 1. The molecule has 0 bridgehead atoms. The molecule has 1 N–H and O–H groups in total. The first-order valence-electron chi connectivity index (χ1n) is 8.40. The smallest absolute Gasteiger partial charge is 0.413 e. The van der Waals surface area contributed by atoms with Crippen LogP contribution in [-0.2, 0) is 20.9 Å². The molecule has 0 heterocycles. The van der Waals surface area contributed by atoms with E-state index in [1.54, 1.807) is 25.1 Å². The molecule has 2 aromatic rings. The second kappa shape index (κ2) is 9.96. The standard InChI is InChI=1S/C20H21NO6/c1-3-25-20(24)21-18(22)13-27-19(23)16-9-4-5-10-17(16)26-12-15-8-6-7-14(2)11-15/h4-11H,3,12-13H2,1-2H3,(H,21,22,24). The minimum atomic E-state index is -0.888. The number of benzene rings is 2. The third kappa shape index (κ3) is 6.47. The van der Waals surface area contributed by atoms with Crippen LogP contribution in [0.5, 0.6) is 5.75 Å². The summed E-state index contributed by atoms with van der Waals surface area (Å²) in [6.07, 6.45) is -0.888. The SMILES string of the molecule is CCOC(=O)NC(=O)COC(=O)c1ccccc1OCc1cccc(C)c1. The van der Waals surface area contributed by atoms with E-state index < -0.39 is 24.6 Å². The fourth-order valence-electron chi connectivity index (χ4n) is 2.25.